The zero-order chi connectivity index (χ0) is 18.9. The van der Waals surface area contributed by atoms with Gasteiger partial charge in [-0.2, -0.15) is 0 Å². The second-order valence-electron chi connectivity index (χ2n) is 7.19. The Bertz CT molecular complexity index is 831. The molecule has 6 nitrogen and oxygen atoms in total. The van der Waals surface area contributed by atoms with E-state index in [1.807, 2.05) is 24.3 Å². The summed E-state index contributed by atoms with van der Waals surface area (Å²) in [5, 5.41) is 3.40. The third-order valence-corrected chi connectivity index (χ3v) is 5.29. The highest BCUT2D eigenvalue weighted by Gasteiger charge is 2.52. The molecule has 0 amide bonds. The number of ether oxygens (including phenoxy) is 3. The predicted octanol–water partition coefficient (Wildman–Crippen LogP) is 3.66. The normalized spacial score (nSPS) is 19.3. The molecule has 6 heteroatoms. The van der Waals surface area contributed by atoms with E-state index in [-0.39, 0.29) is 12.1 Å². The lowest BCUT2D eigenvalue weighted by molar-refractivity contribution is -0.148. The Morgan fingerprint density at radius 1 is 1.30 bits per heavy atom. The largest absolute Gasteiger partial charge is 0.486 e. The van der Waals surface area contributed by atoms with Gasteiger partial charge in [0.15, 0.2) is 0 Å². The van der Waals surface area contributed by atoms with Crippen LogP contribution in [0.15, 0.2) is 36.5 Å². The van der Waals surface area contributed by atoms with Crippen LogP contribution in [0.1, 0.15) is 26.2 Å². The van der Waals surface area contributed by atoms with Crippen LogP contribution in [0.3, 0.4) is 0 Å². The van der Waals surface area contributed by atoms with E-state index in [0.717, 1.165) is 48.4 Å². The van der Waals surface area contributed by atoms with Crippen molar-refractivity contribution in [1.82, 2.24) is 4.98 Å². The minimum Gasteiger partial charge on any atom is -0.486 e. The fourth-order valence-electron chi connectivity index (χ4n) is 3.24. The topological polar surface area (TPSA) is 69.7 Å². The van der Waals surface area contributed by atoms with Crippen molar-refractivity contribution < 1.29 is 19.0 Å². The minimum absolute atomic E-state index is 0.200. The maximum Gasteiger partial charge on any atom is 0.315 e. The number of methoxy groups -OCH3 is 1. The molecule has 1 fully saturated rings. The number of anilines is 1. The van der Waals surface area contributed by atoms with Gasteiger partial charge in [0.25, 0.3) is 0 Å². The Kier molecular flexibility index (Phi) is 4.64. The Labute approximate surface area is 158 Å². The molecule has 1 N–H and O–H groups in total. The molecule has 1 unspecified atom stereocenters. The van der Waals surface area contributed by atoms with Crippen LogP contribution < -0.4 is 14.8 Å². The first-order chi connectivity index (χ1) is 13.1. The van der Waals surface area contributed by atoms with E-state index in [2.05, 4.69) is 23.3 Å². The summed E-state index contributed by atoms with van der Waals surface area (Å²) >= 11 is 0. The molecule has 0 spiro atoms. The standard InChI is InChI=1S/C21H24N2O4/c1-3-16-12-22-17-6-4-14(10-18(17)27-16)15-5-7-19(23-11-15)26-13-21(8-9-21)20(24)25-2/h4-7,10-11,16,22H,3,8-9,12-13H2,1-2H3. The molecule has 2 aliphatic rings. The van der Waals surface area contributed by atoms with Crippen LogP contribution in [0.5, 0.6) is 11.6 Å². The van der Waals surface area contributed by atoms with Crippen molar-refractivity contribution in [2.24, 2.45) is 5.41 Å². The molecule has 1 saturated carbocycles. The monoisotopic (exact) mass is 368 g/mol. The van der Waals surface area contributed by atoms with Crippen molar-refractivity contribution in [1.29, 1.82) is 0 Å². The lowest BCUT2D eigenvalue weighted by Crippen LogP contribution is -2.29. The van der Waals surface area contributed by atoms with Gasteiger partial charge in [-0.05, 0) is 43.0 Å². The molecule has 1 aromatic heterocycles. The fourth-order valence-corrected chi connectivity index (χ4v) is 3.24. The van der Waals surface area contributed by atoms with Crippen LogP contribution in [0.4, 0.5) is 5.69 Å². The second-order valence-corrected chi connectivity index (χ2v) is 7.19. The molecule has 1 atom stereocenters. The number of carbonyl (C=O) groups is 1. The SMILES string of the molecule is CCC1CNc2ccc(-c3ccc(OCC4(C(=O)OC)CC4)nc3)cc2O1. The number of hydrogen-bond donors (Lipinski definition) is 1. The predicted molar refractivity (Wildman–Crippen MR) is 102 cm³/mol. The van der Waals surface area contributed by atoms with Crippen molar-refractivity contribution in [3.05, 3.63) is 36.5 Å². The van der Waals surface area contributed by atoms with Crippen molar-refractivity contribution in [3.8, 4) is 22.8 Å². The van der Waals surface area contributed by atoms with E-state index >= 15 is 0 Å². The van der Waals surface area contributed by atoms with E-state index < -0.39 is 5.41 Å². The quantitative estimate of drug-likeness (QED) is 0.785. The van der Waals surface area contributed by atoms with Crippen LogP contribution in [-0.4, -0.2) is 37.3 Å². The van der Waals surface area contributed by atoms with Crippen molar-refractivity contribution in [2.45, 2.75) is 32.3 Å². The van der Waals surface area contributed by atoms with Crippen molar-refractivity contribution in [2.75, 3.05) is 25.6 Å². The molecule has 1 aliphatic heterocycles. The fraction of sp³-hybridized carbons (Fsp3) is 0.429. The smallest absolute Gasteiger partial charge is 0.315 e. The third-order valence-electron chi connectivity index (χ3n) is 5.29. The summed E-state index contributed by atoms with van der Waals surface area (Å²) in [4.78, 5) is 16.2. The first-order valence-corrected chi connectivity index (χ1v) is 9.36. The molecule has 27 heavy (non-hydrogen) atoms. The number of fused-ring (bicyclic) bond motifs is 1. The number of carbonyl (C=O) groups excluding carboxylic acids is 1. The van der Waals surface area contributed by atoms with Crippen LogP contribution >= 0.6 is 0 Å². The number of hydrogen-bond acceptors (Lipinski definition) is 6. The van der Waals surface area contributed by atoms with Gasteiger partial charge in [0.1, 0.15) is 23.9 Å². The molecule has 2 aromatic rings. The molecular weight excluding hydrogens is 344 g/mol. The molecule has 1 aliphatic carbocycles. The van der Waals surface area contributed by atoms with Gasteiger partial charge < -0.3 is 19.5 Å². The van der Waals surface area contributed by atoms with Crippen LogP contribution in [0, 0.1) is 5.41 Å². The van der Waals surface area contributed by atoms with E-state index in [4.69, 9.17) is 14.2 Å². The number of rotatable bonds is 6. The first kappa shape index (κ1) is 17.6. The second kappa shape index (κ2) is 7.10. The van der Waals surface area contributed by atoms with Gasteiger partial charge in [-0.15, -0.1) is 0 Å². The lowest BCUT2D eigenvalue weighted by atomic mass is 10.1. The number of nitrogens with zero attached hydrogens (tertiary/aromatic N) is 1. The summed E-state index contributed by atoms with van der Waals surface area (Å²) in [6, 6.07) is 9.92. The third kappa shape index (κ3) is 3.56. The summed E-state index contributed by atoms with van der Waals surface area (Å²) in [7, 11) is 1.41. The van der Waals surface area contributed by atoms with Gasteiger partial charge in [-0.3, -0.25) is 4.79 Å². The van der Waals surface area contributed by atoms with Gasteiger partial charge in [-0.1, -0.05) is 13.0 Å². The number of nitrogens with one attached hydrogen (secondary N) is 1. The zero-order valence-electron chi connectivity index (χ0n) is 15.7. The maximum atomic E-state index is 11.8. The summed E-state index contributed by atoms with van der Waals surface area (Å²) in [6.45, 7) is 3.27. The Hall–Kier alpha value is -2.76. The van der Waals surface area contributed by atoms with Crippen molar-refractivity contribution >= 4 is 11.7 Å². The Balaban J connectivity index is 1.44. The average molecular weight is 368 g/mol. The van der Waals surface area contributed by atoms with E-state index in [9.17, 15) is 4.79 Å². The maximum absolute atomic E-state index is 11.8. The van der Waals surface area contributed by atoms with Crippen LogP contribution in [0.25, 0.3) is 11.1 Å². The Morgan fingerprint density at radius 3 is 2.78 bits per heavy atom. The van der Waals surface area contributed by atoms with Crippen molar-refractivity contribution in [3.63, 3.8) is 0 Å². The van der Waals surface area contributed by atoms with E-state index in [1.54, 1.807) is 6.20 Å². The van der Waals surface area contributed by atoms with Gasteiger partial charge >= 0.3 is 5.97 Å². The van der Waals surface area contributed by atoms with Crippen LogP contribution in [-0.2, 0) is 9.53 Å². The molecule has 142 valence electrons. The molecule has 0 saturated heterocycles. The van der Waals surface area contributed by atoms with Gasteiger partial charge in [0.05, 0.1) is 19.3 Å². The first-order valence-electron chi connectivity index (χ1n) is 9.36. The van der Waals surface area contributed by atoms with E-state index in [0.29, 0.717) is 12.5 Å². The molecule has 0 radical (unpaired) electrons. The highest BCUT2D eigenvalue weighted by Crippen LogP contribution is 2.46. The van der Waals surface area contributed by atoms with Gasteiger partial charge in [-0.25, -0.2) is 4.98 Å². The summed E-state index contributed by atoms with van der Waals surface area (Å²) < 4.78 is 16.6. The molecular formula is C21H24N2O4. The molecule has 2 heterocycles. The molecule has 4 rings (SSSR count). The van der Waals surface area contributed by atoms with Crippen LogP contribution in [0.2, 0.25) is 0 Å². The Morgan fingerprint density at radius 2 is 2.11 bits per heavy atom. The summed E-state index contributed by atoms with van der Waals surface area (Å²) in [5.41, 5.74) is 2.57. The molecule has 1 aromatic carbocycles. The highest BCUT2D eigenvalue weighted by atomic mass is 16.5. The number of esters is 1. The number of pyridine rings is 1. The summed E-state index contributed by atoms with van der Waals surface area (Å²) in [6.07, 6.45) is 4.56. The average Bonchev–Trinajstić information content (AvgIpc) is 3.52. The number of aromatic nitrogens is 1. The number of benzene rings is 1. The summed E-state index contributed by atoms with van der Waals surface area (Å²) in [5.74, 6) is 1.18. The molecule has 0 bridgehead atoms. The minimum atomic E-state index is -0.478. The zero-order valence-corrected chi connectivity index (χ0v) is 15.7. The highest BCUT2D eigenvalue weighted by molar-refractivity contribution is 5.80. The van der Waals surface area contributed by atoms with Gasteiger partial charge in [0.2, 0.25) is 5.88 Å². The van der Waals surface area contributed by atoms with Gasteiger partial charge in [0, 0.05) is 17.8 Å². The lowest BCUT2D eigenvalue weighted by Gasteiger charge is -2.27. The van der Waals surface area contributed by atoms with E-state index in [1.165, 1.54) is 7.11 Å².